The molecule has 142 valence electrons. The van der Waals surface area contributed by atoms with Crippen LogP contribution in [0.25, 0.3) is 11.3 Å². The second-order valence-corrected chi connectivity index (χ2v) is 7.10. The maximum Gasteiger partial charge on any atom is 0.188 e. The first-order valence-electron chi connectivity index (χ1n) is 9.08. The van der Waals surface area contributed by atoms with Crippen molar-refractivity contribution in [3.05, 3.63) is 71.5 Å². The van der Waals surface area contributed by atoms with Crippen LogP contribution in [0, 0.1) is 0 Å². The Balaban J connectivity index is 1.55. The standard InChI is InChI=1S/C21H21N5OS/c1-3-19-17(12-23-26(19)13-15-7-9-16(27-2)10-8-15)18-14-28-21(24-18)25-20-6-4-5-11-22-20/h4-12,14H,3,13H2,1-2H3,(H,22,24,25). The van der Waals surface area contributed by atoms with Crippen LogP contribution in [0.15, 0.2) is 60.2 Å². The lowest BCUT2D eigenvalue weighted by Gasteiger charge is -2.08. The van der Waals surface area contributed by atoms with E-state index in [1.54, 1.807) is 24.6 Å². The molecule has 6 nitrogen and oxygen atoms in total. The van der Waals surface area contributed by atoms with E-state index in [1.807, 2.05) is 41.2 Å². The fraction of sp³-hybridized carbons (Fsp3) is 0.190. The van der Waals surface area contributed by atoms with Crippen molar-refractivity contribution in [2.75, 3.05) is 12.4 Å². The number of nitrogens with one attached hydrogen (secondary N) is 1. The fourth-order valence-corrected chi connectivity index (χ4v) is 3.76. The second kappa shape index (κ2) is 8.22. The van der Waals surface area contributed by atoms with Crippen molar-refractivity contribution in [1.29, 1.82) is 0 Å². The molecule has 1 N–H and O–H groups in total. The number of ether oxygens (including phenoxy) is 1. The molecule has 0 aliphatic rings. The summed E-state index contributed by atoms with van der Waals surface area (Å²) in [5.74, 6) is 1.64. The summed E-state index contributed by atoms with van der Waals surface area (Å²) in [7, 11) is 1.68. The number of methoxy groups -OCH3 is 1. The lowest BCUT2D eigenvalue weighted by molar-refractivity contribution is 0.414. The molecule has 0 aliphatic heterocycles. The monoisotopic (exact) mass is 391 g/mol. The molecule has 0 aliphatic carbocycles. The van der Waals surface area contributed by atoms with Gasteiger partial charge in [-0.3, -0.25) is 4.68 Å². The highest BCUT2D eigenvalue weighted by molar-refractivity contribution is 7.14. The minimum absolute atomic E-state index is 0.719. The molecule has 3 heterocycles. The van der Waals surface area contributed by atoms with Gasteiger partial charge in [0.25, 0.3) is 0 Å². The Labute approximate surface area is 167 Å². The molecule has 1 aromatic carbocycles. The van der Waals surface area contributed by atoms with Crippen LogP contribution in [0.1, 0.15) is 18.2 Å². The normalized spacial score (nSPS) is 10.8. The lowest BCUT2D eigenvalue weighted by Crippen LogP contribution is -2.06. The minimum atomic E-state index is 0.719. The summed E-state index contributed by atoms with van der Waals surface area (Å²) >= 11 is 1.56. The van der Waals surface area contributed by atoms with Gasteiger partial charge in [0.2, 0.25) is 0 Å². The average Bonchev–Trinajstić information content (AvgIpc) is 3.36. The number of thiazole rings is 1. The first kappa shape index (κ1) is 18.2. The summed E-state index contributed by atoms with van der Waals surface area (Å²) in [5, 5.41) is 10.7. The van der Waals surface area contributed by atoms with Crippen LogP contribution in [-0.4, -0.2) is 26.9 Å². The number of benzene rings is 1. The molecule has 7 heteroatoms. The predicted molar refractivity (Wildman–Crippen MR) is 112 cm³/mol. The quantitative estimate of drug-likeness (QED) is 0.492. The molecule has 3 aromatic heterocycles. The molecule has 0 amide bonds. The molecule has 0 spiro atoms. The number of nitrogens with zero attached hydrogens (tertiary/aromatic N) is 4. The largest absolute Gasteiger partial charge is 0.497 e. The van der Waals surface area contributed by atoms with E-state index in [9.17, 15) is 0 Å². The van der Waals surface area contributed by atoms with Crippen LogP contribution in [-0.2, 0) is 13.0 Å². The summed E-state index contributed by atoms with van der Waals surface area (Å²) < 4.78 is 7.28. The molecule has 0 fully saturated rings. The minimum Gasteiger partial charge on any atom is -0.497 e. The van der Waals surface area contributed by atoms with Crippen LogP contribution < -0.4 is 10.1 Å². The first-order valence-corrected chi connectivity index (χ1v) is 9.96. The molecule has 0 saturated heterocycles. The molecule has 0 radical (unpaired) electrons. The van der Waals surface area contributed by atoms with Gasteiger partial charge in [0.15, 0.2) is 5.13 Å². The Morgan fingerprint density at radius 3 is 2.71 bits per heavy atom. The van der Waals surface area contributed by atoms with Crippen molar-refractivity contribution in [3.63, 3.8) is 0 Å². The van der Waals surface area contributed by atoms with Gasteiger partial charge in [0.1, 0.15) is 11.6 Å². The van der Waals surface area contributed by atoms with Crippen LogP contribution in [0.5, 0.6) is 5.75 Å². The second-order valence-electron chi connectivity index (χ2n) is 6.24. The maximum atomic E-state index is 5.23. The topological polar surface area (TPSA) is 64.9 Å². The molecule has 4 rings (SSSR count). The SMILES string of the molecule is CCc1c(-c2csc(Nc3ccccn3)n2)cnn1Cc1ccc(OC)cc1. The van der Waals surface area contributed by atoms with Gasteiger partial charge in [-0.1, -0.05) is 25.1 Å². The molecule has 0 atom stereocenters. The lowest BCUT2D eigenvalue weighted by atomic mass is 10.1. The number of rotatable bonds is 7. The van der Waals surface area contributed by atoms with Crippen molar-refractivity contribution in [1.82, 2.24) is 19.7 Å². The van der Waals surface area contributed by atoms with Crippen molar-refractivity contribution >= 4 is 22.3 Å². The molecule has 0 saturated carbocycles. The first-order chi connectivity index (χ1) is 13.8. The molecular formula is C21H21N5OS. The van der Waals surface area contributed by atoms with E-state index in [-0.39, 0.29) is 0 Å². The zero-order chi connectivity index (χ0) is 19.3. The summed E-state index contributed by atoms with van der Waals surface area (Å²) in [5.41, 5.74) is 4.36. The van der Waals surface area contributed by atoms with Crippen LogP contribution >= 0.6 is 11.3 Å². The van der Waals surface area contributed by atoms with Crippen molar-refractivity contribution in [2.45, 2.75) is 19.9 Å². The number of anilines is 2. The Morgan fingerprint density at radius 1 is 1.14 bits per heavy atom. The van der Waals surface area contributed by atoms with Gasteiger partial charge in [0, 0.05) is 22.8 Å². The van der Waals surface area contributed by atoms with E-state index in [4.69, 9.17) is 9.72 Å². The predicted octanol–water partition coefficient (Wildman–Crippen LogP) is 4.76. The number of pyridine rings is 1. The third kappa shape index (κ3) is 3.89. The number of hydrogen-bond donors (Lipinski definition) is 1. The van der Waals surface area contributed by atoms with E-state index in [0.717, 1.165) is 40.9 Å². The smallest absolute Gasteiger partial charge is 0.188 e. The van der Waals surface area contributed by atoms with Gasteiger partial charge in [-0.25, -0.2) is 9.97 Å². The van der Waals surface area contributed by atoms with Gasteiger partial charge >= 0.3 is 0 Å². The molecule has 0 unspecified atom stereocenters. The van der Waals surface area contributed by atoms with E-state index in [0.29, 0.717) is 0 Å². The fourth-order valence-electron chi connectivity index (χ4n) is 3.04. The summed E-state index contributed by atoms with van der Waals surface area (Å²) in [6.45, 7) is 2.86. The molecule has 28 heavy (non-hydrogen) atoms. The zero-order valence-electron chi connectivity index (χ0n) is 15.8. The van der Waals surface area contributed by atoms with E-state index < -0.39 is 0 Å². The van der Waals surface area contributed by atoms with E-state index >= 15 is 0 Å². The number of aromatic nitrogens is 4. The van der Waals surface area contributed by atoms with Gasteiger partial charge in [-0.15, -0.1) is 11.3 Å². The highest BCUT2D eigenvalue weighted by atomic mass is 32.1. The van der Waals surface area contributed by atoms with Crippen LogP contribution in [0.2, 0.25) is 0 Å². The Kier molecular flexibility index (Phi) is 5.34. The summed E-state index contributed by atoms with van der Waals surface area (Å²) in [6.07, 6.45) is 4.54. The summed E-state index contributed by atoms with van der Waals surface area (Å²) in [6, 6.07) is 13.8. The number of hydrogen-bond acceptors (Lipinski definition) is 6. The average molecular weight is 392 g/mol. The maximum absolute atomic E-state index is 5.23. The van der Waals surface area contributed by atoms with Gasteiger partial charge in [-0.05, 0) is 36.2 Å². The van der Waals surface area contributed by atoms with E-state index in [1.165, 1.54) is 11.3 Å². The van der Waals surface area contributed by atoms with Crippen molar-refractivity contribution < 1.29 is 4.74 Å². The highest BCUT2D eigenvalue weighted by Gasteiger charge is 2.14. The molecule has 0 bridgehead atoms. The zero-order valence-corrected chi connectivity index (χ0v) is 16.6. The third-order valence-electron chi connectivity index (χ3n) is 4.46. The van der Waals surface area contributed by atoms with Gasteiger partial charge in [-0.2, -0.15) is 5.10 Å². The van der Waals surface area contributed by atoms with Gasteiger partial charge < -0.3 is 10.1 Å². The Hall–Kier alpha value is -3.19. The highest BCUT2D eigenvalue weighted by Crippen LogP contribution is 2.29. The molecular weight excluding hydrogens is 370 g/mol. The Bertz CT molecular complexity index is 1040. The van der Waals surface area contributed by atoms with Crippen molar-refractivity contribution in [3.8, 4) is 17.0 Å². The van der Waals surface area contributed by atoms with E-state index in [2.05, 4.69) is 39.8 Å². The summed E-state index contributed by atoms with van der Waals surface area (Å²) in [4.78, 5) is 9.01. The van der Waals surface area contributed by atoms with Crippen LogP contribution in [0.4, 0.5) is 10.9 Å². The third-order valence-corrected chi connectivity index (χ3v) is 5.21. The van der Waals surface area contributed by atoms with Crippen LogP contribution in [0.3, 0.4) is 0 Å². The molecule has 4 aromatic rings. The van der Waals surface area contributed by atoms with Crippen molar-refractivity contribution in [2.24, 2.45) is 0 Å². The Morgan fingerprint density at radius 2 is 2.00 bits per heavy atom. The van der Waals surface area contributed by atoms with Gasteiger partial charge in [0.05, 0.1) is 25.5 Å².